The zero-order valence-electron chi connectivity index (χ0n) is 31.9. The molecule has 1 aromatic heterocycles. The molecule has 15 heteroatoms. The highest BCUT2D eigenvalue weighted by Gasteiger charge is 2.43. The van der Waals surface area contributed by atoms with Gasteiger partial charge in [0.15, 0.2) is 0 Å². The number of esters is 1. The van der Waals surface area contributed by atoms with Crippen LogP contribution in [0.1, 0.15) is 58.0 Å². The zero-order valence-corrected chi connectivity index (χ0v) is 31.9. The minimum absolute atomic E-state index is 0.0614. The Kier molecular flexibility index (Phi) is 15.1. The Morgan fingerprint density at radius 1 is 1.03 bits per heavy atom. The molecule has 0 radical (unpaired) electrons. The molecule has 2 heterocycles. The standard InChI is InChI=1S/C42H45FN4O8.CH2O2/c1-47-20-6-12-32(26-47)55-41(52)42(53,29-8-3-2-4-9-29)30-10-5-11-31(23-30)54-21-7-19-45-40(51)27-13-14-28(35(43)22-27)24-44-25-37(49)33-15-17-36(48)39-34(33)16-18-38(50)46-39;2-1-3/h2-5,8-11,13-18,22-23,32,37,44,48-49,53H,6-7,12,19-21,24-26H2,1H3,(H,45,51)(H,46,50);1H,(H,2,3)/t32-,37+,42+;/m1./s1. The lowest BCUT2D eigenvalue weighted by atomic mass is 9.86. The molecule has 1 aliphatic heterocycles. The number of benzene rings is 4. The molecule has 1 amide bonds. The van der Waals surface area contributed by atoms with E-state index in [1.807, 2.05) is 7.05 Å². The van der Waals surface area contributed by atoms with Gasteiger partial charge in [-0.2, -0.15) is 0 Å². The van der Waals surface area contributed by atoms with Crippen LogP contribution in [-0.2, 0) is 26.5 Å². The average Bonchev–Trinajstić information content (AvgIpc) is 3.22. The number of nitrogens with one attached hydrogen (secondary N) is 3. The van der Waals surface area contributed by atoms with E-state index in [2.05, 4.69) is 20.5 Å². The minimum atomic E-state index is -2.06. The summed E-state index contributed by atoms with van der Waals surface area (Å²) in [5.74, 6) is -1.48. The highest BCUT2D eigenvalue weighted by Crippen LogP contribution is 2.34. The molecule has 0 bridgehead atoms. The summed E-state index contributed by atoms with van der Waals surface area (Å²) in [6.45, 7) is 1.87. The predicted octanol–water partition coefficient (Wildman–Crippen LogP) is 3.97. The van der Waals surface area contributed by atoms with Crippen LogP contribution in [0.2, 0.25) is 0 Å². The number of carboxylic acid groups (broad SMARTS) is 1. The molecule has 7 N–H and O–H groups in total. The van der Waals surface area contributed by atoms with Crippen LogP contribution in [0.25, 0.3) is 10.9 Å². The molecule has 4 aromatic carbocycles. The Bertz CT molecular complexity index is 2240. The number of amides is 1. The van der Waals surface area contributed by atoms with Crippen molar-refractivity contribution in [3.63, 3.8) is 0 Å². The first kappa shape index (κ1) is 43.0. The number of fused-ring (bicyclic) bond motifs is 1. The Labute approximate surface area is 333 Å². The smallest absolute Gasteiger partial charge is 0.348 e. The topological polar surface area (TPSA) is 211 Å². The first-order valence-corrected chi connectivity index (χ1v) is 18.7. The summed E-state index contributed by atoms with van der Waals surface area (Å²) >= 11 is 0. The number of ether oxygens (including phenoxy) is 2. The first-order chi connectivity index (χ1) is 27.9. The maximum Gasteiger partial charge on any atom is 0.348 e. The quantitative estimate of drug-likeness (QED) is 0.0456. The number of likely N-dealkylation sites (tertiary alicyclic amines) is 1. The summed E-state index contributed by atoms with van der Waals surface area (Å²) in [4.78, 5) is 51.1. The van der Waals surface area contributed by atoms with E-state index in [-0.39, 0.29) is 61.2 Å². The summed E-state index contributed by atoms with van der Waals surface area (Å²) < 4.78 is 26.8. The maximum atomic E-state index is 15.0. The summed E-state index contributed by atoms with van der Waals surface area (Å²) in [6, 6.07) is 25.3. The average molecular weight is 799 g/mol. The lowest BCUT2D eigenvalue weighted by molar-refractivity contribution is -0.170. The second-order valence-corrected chi connectivity index (χ2v) is 13.8. The number of aliphatic hydroxyl groups excluding tert-OH is 1. The third kappa shape index (κ3) is 10.8. The fraction of sp³-hybridized carbons (Fsp3) is 0.302. The van der Waals surface area contributed by atoms with Crippen molar-refractivity contribution >= 4 is 29.3 Å². The molecule has 1 saturated heterocycles. The number of rotatable bonds is 15. The molecule has 1 fully saturated rings. The van der Waals surface area contributed by atoms with Crippen molar-refractivity contribution in [1.29, 1.82) is 0 Å². The molecular formula is C43H47FN4O10. The lowest BCUT2D eigenvalue weighted by Crippen LogP contribution is -2.44. The second kappa shape index (κ2) is 20.3. The molecule has 0 unspecified atom stereocenters. The van der Waals surface area contributed by atoms with Gasteiger partial charge in [-0.15, -0.1) is 0 Å². The number of phenolic OH excluding ortho intramolecular Hbond substituents is 1. The Balaban J connectivity index is 0.00000207. The van der Waals surface area contributed by atoms with E-state index in [0.29, 0.717) is 46.4 Å². The summed E-state index contributed by atoms with van der Waals surface area (Å²) in [6.07, 6.45) is 0.702. The number of aromatic amines is 1. The third-order valence-corrected chi connectivity index (χ3v) is 9.70. The summed E-state index contributed by atoms with van der Waals surface area (Å²) in [5.41, 5.74) is -0.607. The molecule has 6 rings (SSSR count). The first-order valence-electron chi connectivity index (χ1n) is 18.7. The van der Waals surface area contributed by atoms with E-state index in [9.17, 15) is 34.1 Å². The van der Waals surface area contributed by atoms with Gasteiger partial charge < -0.3 is 50.4 Å². The third-order valence-electron chi connectivity index (χ3n) is 9.70. The number of hydrogen-bond donors (Lipinski definition) is 7. The van der Waals surface area contributed by atoms with Gasteiger partial charge in [0.05, 0.1) is 18.2 Å². The van der Waals surface area contributed by atoms with E-state index in [1.165, 1.54) is 30.3 Å². The number of likely N-dealkylation sites (N-methyl/N-ethyl adjacent to an activating group) is 1. The van der Waals surface area contributed by atoms with E-state index >= 15 is 0 Å². The number of nitrogens with zero attached hydrogens (tertiary/aromatic N) is 1. The monoisotopic (exact) mass is 798 g/mol. The summed E-state index contributed by atoms with van der Waals surface area (Å²) in [7, 11) is 1.97. The highest BCUT2D eigenvalue weighted by atomic mass is 19.1. The number of hydrogen-bond acceptors (Lipinski definition) is 11. The van der Waals surface area contributed by atoms with Gasteiger partial charge in [0.1, 0.15) is 23.4 Å². The SMILES string of the molecule is CN1CCC[C@@H](OC(=O)[C@](O)(c2ccccc2)c2cccc(OCCCNC(=O)c3ccc(CNC[C@H](O)c4ccc(O)c5[nH]c(=O)ccc45)c(F)c3)c2)C1.O=CO. The van der Waals surface area contributed by atoms with Crippen LogP contribution in [0.5, 0.6) is 11.5 Å². The molecular weight excluding hydrogens is 751 g/mol. The van der Waals surface area contributed by atoms with Crippen molar-refractivity contribution in [3.05, 3.63) is 141 Å². The number of carbonyl (C=O) groups is 3. The van der Waals surface area contributed by atoms with Crippen molar-refractivity contribution in [1.82, 2.24) is 20.5 Å². The van der Waals surface area contributed by atoms with Crippen molar-refractivity contribution in [2.45, 2.75) is 43.6 Å². The second-order valence-electron chi connectivity index (χ2n) is 13.8. The van der Waals surface area contributed by atoms with Gasteiger partial charge in [0.2, 0.25) is 11.2 Å². The molecule has 14 nitrogen and oxygen atoms in total. The Morgan fingerprint density at radius 3 is 2.53 bits per heavy atom. The van der Waals surface area contributed by atoms with E-state index in [1.54, 1.807) is 60.7 Å². The van der Waals surface area contributed by atoms with Gasteiger partial charge in [-0.25, -0.2) is 9.18 Å². The largest absolute Gasteiger partial charge is 0.506 e. The number of carbonyl (C=O) groups excluding carboxylic acids is 2. The van der Waals surface area contributed by atoms with E-state index in [0.717, 1.165) is 25.5 Å². The number of H-pyrrole nitrogens is 1. The van der Waals surface area contributed by atoms with Gasteiger partial charge in [-0.1, -0.05) is 54.6 Å². The maximum absolute atomic E-state index is 15.0. The molecule has 3 atom stereocenters. The summed E-state index contributed by atoms with van der Waals surface area (Å²) in [5, 5.41) is 46.0. The van der Waals surface area contributed by atoms with Crippen molar-refractivity contribution < 1.29 is 48.7 Å². The van der Waals surface area contributed by atoms with Crippen molar-refractivity contribution in [2.75, 3.05) is 39.8 Å². The molecule has 0 aliphatic carbocycles. The predicted molar refractivity (Wildman–Crippen MR) is 213 cm³/mol. The van der Waals surface area contributed by atoms with Crippen molar-refractivity contribution in [2.24, 2.45) is 0 Å². The van der Waals surface area contributed by atoms with Crippen LogP contribution < -0.4 is 20.9 Å². The van der Waals surface area contributed by atoms with Crippen LogP contribution in [0, 0.1) is 5.82 Å². The van der Waals surface area contributed by atoms with Gasteiger partial charge >= 0.3 is 5.97 Å². The van der Waals surface area contributed by atoms with Crippen LogP contribution in [0.4, 0.5) is 4.39 Å². The van der Waals surface area contributed by atoms with Crippen LogP contribution in [-0.4, -0.2) is 94.6 Å². The van der Waals surface area contributed by atoms with Crippen LogP contribution in [0.15, 0.2) is 102 Å². The number of phenols is 1. The minimum Gasteiger partial charge on any atom is -0.506 e. The van der Waals surface area contributed by atoms with Gasteiger partial charge in [-0.3, -0.25) is 14.4 Å². The Hall–Kier alpha value is -6.13. The number of halogens is 1. The van der Waals surface area contributed by atoms with Gasteiger partial charge in [0.25, 0.3) is 12.4 Å². The number of pyridine rings is 1. The molecule has 0 spiro atoms. The van der Waals surface area contributed by atoms with Gasteiger partial charge in [-0.05, 0) is 80.4 Å². The number of aromatic nitrogens is 1. The number of aliphatic hydroxyl groups is 2. The molecule has 306 valence electrons. The van der Waals surface area contributed by atoms with Crippen LogP contribution in [0.3, 0.4) is 0 Å². The van der Waals surface area contributed by atoms with Crippen LogP contribution >= 0.6 is 0 Å². The van der Waals surface area contributed by atoms with E-state index < -0.39 is 29.4 Å². The number of piperidine rings is 1. The normalized spacial score (nSPS) is 15.6. The molecule has 1 aliphatic rings. The van der Waals surface area contributed by atoms with E-state index in [4.69, 9.17) is 19.4 Å². The fourth-order valence-corrected chi connectivity index (χ4v) is 6.75. The zero-order chi connectivity index (χ0) is 41.7. The highest BCUT2D eigenvalue weighted by molar-refractivity contribution is 5.94. The molecule has 58 heavy (non-hydrogen) atoms. The van der Waals surface area contributed by atoms with Crippen molar-refractivity contribution in [3.8, 4) is 11.5 Å². The lowest BCUT2D eigenvalue weighted by Gasteiger charge is -2.33. The fourth-order valence-electron chi connectivity index (χ4n) is 6.75. The molecule has 0 saturated carbocycles. The number of aromatic hydroxyl groups is 1. The molecule has 5 aromatic rings. The Morgan fingerprint density at radius 2 is 1.79 bits per heavy atom. The van der Waals surface area contributed by atoms with Gasteiger partial charge in [0, 0.05) is 54.3 Å².